The third kappa shape index (κ3) is 6.16. The number of esters is 2. The highest BCUT2D eigenvalue weighted by Gasteiger charge is 2.19. The highest BCUT2D eigenvalue weighted by atomic mass is 32.1. The summed E-state index contributed by atoms with van der Waals surface area (Å²) in [6.45, 7) is 3.36. The fourth-order valence-electron chi connectivity index (χ4n) is 2.95. The Kier molecular flexibility index (Phi) is 8.14. The summed E-state index contributed by atoms with van der Waals surface area (Å²) >= 11 is 1.26. The van der Waals surface area contributed by atoms with Crippen molar-refractivity contribution in [3.63, 3.8) is 0 Å². The van der Waals surface area contributed by atoms with E-state index in [0.717, 1.165) is 10.4 Å². The quantitative estimate of drug-likeness (QED) is 0.385. The van der Waals surface area contributed by atoms with E-state index in [1.807, 2.05) is 13.0 Å². The zero-order valence-electron chi connectivity index (χ0n) is 18.2. The fraction of sp³-hybridized carbons (Fsp3) is 0.318. The van der Waals surface area contributed by atoms with Crippen LogP contribution in [-0.4, -0.2) is 53.7 Å². The molecule has 2 heterocycles. The Balaban J connectivity index is 1.44. The lowest BCUT2D eigenvalue weighted by Crippen LogP contribution is -2.28. The molecule has 0 spiro atoms. The number of hydrogen-bond acceptors (Lipinski definition) is 8. The topological polar surface area (TPSA) is 139 Å². The summed E-state index contributed by atoms with van der Waals surface area (Å²) in [5.41, 5.74) is 1.24. The molecule has 0 radical (unpaired) electrons. The third-order valence-corrected chi connectivity index (χ3v) is 5.74. The average molecular weight is 473 g/mol. The Hall–Kier alpha value is -3.73. The second kappa shape index (κ2) is 11.2. The first-order valence-corrected chi connectivity index (χ1v) is 11.2. The van der Waals surface area contributed by atoms with Crippen LogP contribution in [0.4, 0.5) is 5.00 Å². The minimum Gasteiger partial charge on any atom is -0.462 e. The first-order valence-electron chi connectivity index (χ1n) is 10.4. The fourth-order valence-corrected chi connectivity index (χ4v) is 3.95. The van der Waals surface area contributed by atoms with Gasteiger partial charge in [0.1, 0.15) is 5.00 Å². The molecular weight excluding hydrogens is 448 g/mol. The maximum atomic E-state index is 12.3. The van der Waals surface area contributed by atoms with E-state index in [-0.39, 0.29) is 30.8 Å². The van der Waals surface area contributed by atoms with E-state index in [9.17, 15) is 19.2 Å². The van der Waals surface area contributed by atoms with Gasteiger partial charge in [-0.15, -0.1) is 11.3 Å². The molecule has 2 aromatic heterocycles. The summed E-state index contributed by atoms with van der Waals surface area (Å²) in [5, 5.41) is 13.0. The molecule has 0 aliphatic carbocycles. The molecule has 3 N–H and O–H groups in total. The van der Waals surface area contributed by atoms with Crippen molar-refractivity contribution in [2.24, 2.45) is 0 Å². The van der Waals surface area contributed by atoms with Crippen molar-refractivity contribution < 1.29 is 28.7 Å². The molecule has 33 heavy (non-hydrogen) atoms. The Morgan fingerprint density at radius 2 is 1.91 bits per heavy atom. The van der Waals surface area contributed by atoms with Gasteiger partial charge < -0.3 is 20.1 Å². The second-order valence-corrected chi connectivity index (χ2v) is 8.00. The molecule has 0 atom stereocenters. The van der Waals surface area contributed by atoms with Crippen molar-refractivity contribution in [1.29, 1.82) is 0 Å². The van der Waals surface area contributed by atoms with E-state index in [1.54, 1.807) is 31.2 Å². The van der Waals surface area contributed by atoms with Crippen molar-refractivity contribution in [2.45, 2.75) is 26.7 Å². The number of benzene rings is 1. The molecule has 10 nitrogen and oxygen atoms in total. The van der Waals surface area contributed by atoms with Crippen molar-refractivity contribution in [1.82, 2.24) is 15.5 Å². The summed E-state index contributed by atoms with van der Waals surface area (Å²) in [6, 6.07) is 8.87. The van der Waals surface area contributed by atoms with Crippen molar-refractivity contribution in [2.75, 3.05) is 25.1 Å². The molecule has 0 aliphatic heterocycles. The summed E-state index contributed by atoms with van der Waals surface area (Å²) in [7, 11) is 0. The smallest absolute Gasteiger partial charge is 0.341 e. The number of para-hydroxylation sites is 1. The standard InChI is InChI=1S/C22H24N4O6S/c1-3-13-11-15(22(30)31-4-2)21(33-13)24-17(27)12-32-18(28)9-10-23-20(29)19-14-7-5-6-8-16(14)25-26-19/h5-8,11H,3-4,9-10,12H2,1-2H3,(H,23,29)(H,24,27)(H,25,26). The van der Waals surface area contributed by atoms with Crippen LogP contribution >= 0.6 is 11.3 Å². The molecule has 11 heteroatoms. The second-order valence-electron chi connectivity index (χ2n) is 6.86. The predicted molar refractivity (Wildman–Crippen MR) is 122 cm³/mol. The largest absolute Gasteiger partial charge is 0.462 e. The van der Waals surface area contributed by atoms with Gasteiger partial charge in [0.2, 0.25) is 0 Å². The van der Waals surface area contributed by atoms with Crippen LogP contribution in [0.5, 0.6) is 0 Å². The molecule has 3 aromatic rings. The van der Waals surface area contributed by atoms with Crippen LogP contribution in [0, 0.1) is 0 Å². The molecule has 0 unspecified atom stereocenters. The molecule has 0 saturated carbocycles. The van der Waals surface area contributed by atoms with Gasteiger partial charge in [0.25, 0.3) is 11.8 Å². The van der Waals surface area contributed by atoms with Gasteiger partial charge in [-0.2, -0.15) is 5.10 Å². The van der Waals surface area contributed by atoms with Gasteiger partial charge in [0.15, 0.2) is 12.3 Å². The van der Waals surface area contributed by atoms with Gasteiger partial charge in [-0.1, -0.05) is 25.1 Å². The molecule has 174 valence electrons. The predicted octanol–water partition coefficient (Wildman–Crippen LogP) is 2.67. The first-order chi connectivity index (χ1) is 15.9. The monoisotopic (exact) mass is 472 g/mol. The summed E-state index contributed by atoms with van der Waals surface area (Å²) in [4.78, 5) is 49.4. The first kappa shape index (κ1) is 23.9. The number of thiophene rings is 1. The van der Waals surface area contributed by atoms with Crippen LogP contribution in [0.25, 0.3) is 10.9 Å². The van der Waals surface area contributed by atoms with Gasteiger partial charge >= 0.3 is 11.9 Å². The number of nitrogens with zero attached hydrogens (tertiary/aromatic N) is 1. The number of nitrogens with one attached hydrogen (secondary N) is 3. The number of fused-ring (bicyclic) bond motifs is 1. The number of H-pyrrole nitrogens is 1. The summed E-state index contributed by atoms with van der Waals surface area (Å²) < 4.78 is 9.97. The maximum absolute atomic E-state index is 12.3. The van der Waals surface area contributed by atoms with Crippen LogP contribution in [0.15, 0.2) is 30.3 Å². The number of hydrogen-bond donors (Lipinski definition) is 3. The number of aromatic amines is 1. The number of carbonyl (C=O) groups is 4. The minimum absolute atomic E-state index is 0.0261. The highest BCUT2D eigenvalue weighted by Crippen LogP contribution is 2.29. The number of rotatable bonds is 10. The SMILES string of the molecule is CCOC(=O)c1cc(CC)sc1NC(=O)COC(=O)CCNC(=O)c1n[nH]c2ccccc12. The van der Waals surface area contributed by atoms with Crippen molar-refractivity contribution >= 4 is 51.0 Å². The van der Waals surface area contributed by atoms with Crippen molar-refractivity contribution in [3.8, 4) is 0 Å². The number of aromatic nitrogens is 2. The third-order valence-electron chi connectivity index (χ3n) is 4.54. The number of ether oxygens (including phenoxy) is 2. The van der Waals surface area contributed by atoms with Gasteiger partial charge in [-0.25, -0.2) is 4.79 Å². The molecular formula is C22H24N4O6S. The van der Waals surface area contributed by atoms with E-state index in [4.69, 9.17) is 9.47 Å². The molecule has 0 fully saturated rings. The van der Waals surface area contributed by atoms with Gasteiger partial charge in [-0.3, -0.25) is 19.5 Å². The van der Waals surface area contributed by atoms with E-state index >= 15 is 0 Å². The van der Waals surface area contributed by atoms with E-state index < -0.39 is 30.4 Å². The average Bonchev–Trinajstić information content (AvgIpc) is 3.42. The van der Waals surface area contributed by atoms with Crippen LogP contribution in [-0.2, 0) is 25.5 Å². The molecule has 3 rings (SSSR count). The van der Waals surface area contributed by atoms with Gasteiger partial charge in [0, 0.05) is 16.8 Å². The van der Waals surface area contributed by atoms with Crippen LogP contribution in [0.3, 0.4) is 0 Å². The lowest BCUT2D eigenvalue weighted by Gasteiger charge is -2.07. The van der Waals surface area contributed by atoms with E-state index in [0.29, 0.717) is 16.8 Å². The normalized spacial score (nSPS) is 10.6. The highest BCUT2D eigenvalue weighted by molar-refractivity contribution is 7.16. The molecule has 1 aromatic carbocycles. The lowest BCUT2D eigenvalue weighted by molar-refractivity contribution is -0.147. The Morgan fingerprint density at radius 1 is 1.12 bits per heavy atom. The summed E-state index contributed by atoms with van der Waals surface area (Å²) in [6.07, 6.45) is 0.580. The van der Waals surface area contributed by atoms with Gasteiger partial charge in [0.05, 0.1) is 24.1 Å². The minimum atomic E-state index is -0.650. The van der Waals surface area contributed by atoms with Crippen LogP contribution < -0.4 is 10.6 Å². The molecule has 2 amide bonds. The number of anilines is 1. The summed E-state index contributed by atoms with van der Waals surface area (Å²) in [5.74, 6) is -2.18. The van der Waals surface area contributed by atoms with Crippen LogP contribution in [0.2, 0.25) is 0 Å². The molecule has 0 bridgehead atoms. The zero-order valence-corrected chi connectivity index (χ0v) is 19.0. The maximum Gasteiger partial charge on any atom is 0.341 e. The van der Waals surface area contributed by atoms with Crippen molar-refractivity contribution in [3.05, 3.63) is 46.5 Å². The van der Waals surface area contributed by atoms with Crippen LogP contribution in [0.1, 0.15) is 46.0 Å². The molecule has 0 aliphatic rings. The van der Waals surface area contributed by atoms with Gasteiger partial charge in [-0.05, 0) is 25.5 Å². The lowest BCUT2D eigenvalue weighted by atomic mass is 10.2. The Bertz CT molecular complexity index is 1170. The van der Waals surface area contributed by atoms with E-state index in [2.05, 4.69) is 20.8 Å². The number of aryl methyl sites for hydroxylation is 1. The van der Waals surface area contributed by atoms with E-state index in [1.165, 1.54) is 11.3 Å². The molecule has 0 saturated heterocycles. The zero-order chi connectivity index (χ0) is 23.8. The Labute approximate surface area is 193 Å². The number of amides is 2. The Morgan fingerprint density at radius 3 is 2.67 bits per heavy atom. The number of carbonyl (C=O) groups excluding carboxylic acids is 4.